The zero-order chi connectivity index (χ0) is 13.8. The van der Waals surface area contributed by atoms with Gasteiger partial charge in [0.05, 0.1) is 23.4 Å². The van der Waals surface area contributed by atoms with E-state index >= 15 is 0 Å². The molecule has 0 fully saturated rings. The molecular formula is C13H15N3O2S. The Morgan fingerprint density at radius 1 is 1.47 bits per heavy atom. The Morgan fingerprint density at radius 2 is 2.26 bits per heavy atom. The number of aryl methyl sites for hydroxylation is 1. The fourth-order valence-electron chi connectivity index (χ4n) is 1.67. The third-order valence-electron chi connectivity index (χ3n) is 2.73. The van der Waals surface area contributed by atoms with Gasteiger partial charge in [-0.15, -0.1) is 11.3 Å². The van der Waals surface area contributed by atoms with Crippen molar-refractivity contribution in [1.82, 2.24) is 4.98 Å². The van der Waals surface area contributed by atoms with Gasteiger partial charge in [-0.1, -0.05) is 0 Å². The van der Waals surface area contributed by atoms with Crippen LogP contribution in [0.4, 0.5) is 5.69 Å². The molecule has 5 nitrogen and oxygen atoms in total. The molecule has 0 radical (unpaired) electrons. The van der Waals surface area contributed by atoms with E-state index in [1.165, 1.54) is 4.88 Å². The molecule has 0 atom stereocenters. The summed E-state index contributed by atoms with van der Waals surface area (Å²) in [7, 11) is 0. The van der Waals surface area contributed by atoms with Crippen molar-refractivity contribution in [2.75, 3.05) is 12.3 Å². The van der Waals surface area contributed by atoms with Crippen LogP contribution in [-0.2, 0) is 6.42 Å². The predicted molar refractivity (Wildman–Crippen MR) is 75.4 cm³/mol. The standard InChI is InChI=1S/C13H15N3O2S/c1-8-12(19-7-16-8)4-5-18-9-2-3-11(14)10(6-9)13(15)17/h2-3,6-7H,4-5,14H2,1H3,(H2,15,17). The molecule has 0 saturated heterocycles. The Labute approximate surface area is 115 Å². The van der Waals surface area contributed by atoms with E-state index < -0.39 is 5.91 Å². The Bertz CT molecular complexity index is 595. The molecule has 0 unspecified atom stereocenters. The monoisotopic (exact) mass is 277 g/mol. The molecular weight excluding hydrogens is 262 g/mol. The average molecular weight is 277 g/mol. The smallest absolute Gasteiger partial charge is 0.250 e. The fraction of sp³-hybridized carbons (Fsp3) is 0.231. The molecule has 0 aliphatic rings. The number of amides is 1. The maximum absolute atomic E-state index is 11.2. The van der Waals surface area contributed by atoms with Gasteiger partial charge in [0.2, 0.25) is 0 Å². The Hall–Kier alpha value is -2.08. The van der Waals surface area contributed by atoms with Crippen LogP contribution in [0, 0.1) is 6.92 Å². The molecule has 2 rings (SSSR count). The SMILES string of the molecule is Cc1ncsc1CCOc1ccc(N)c(C(N)=O)c1. The number of rotatable bonds is 5. The topological polar surface area (TPSA) is 91.2 Å². The Balaban J connectivity index is 1.98. The Kier molecular flexibility index (Phi) is 4.01. The van der Waals surface area contributed by atoms with Gasteiger partial charge >= 0.3 is 0 Å². The summed E-state index contributed by atoms with van der Waals surface area (Å²) in [5, 5.41) is 0. The van der Waals surface area contributed by atoms with Gasteiger partial charge in [-0.3, -0.25) is 4.79 Å². The molecule has 4 N–H and O–H groups in total. The summed E-state index contributed by atoms with van der Waals surface area (Å²) < 4.78 is 5.60. The van der Waals surface area contributed by atoms with E-state index in [2.05, 4.69) is 4.98 Å². The van der Waals surface area contributed by atoms with Crippen LogP contribution in [0.5, 0.6) is 5.75 Å². The van der Waals surface area contributed by atoms with Gasteiger partial charge in [-0.25, -0.2) is 4.98 Å². The molecule has 6 heteroatoms. The first-order valence-electron chi connectivity index (χ1n) is 5.79. The minimum atomic E-state index is -0.554. The van der Waals surface area contributed by atoms with Crippen LogP contribution in [0.3, 0.4) is 0 Å². The van der Waals surface area contributed by atoms with Crippen molar-refractivity contribution >= 4 is 22.9 Å². The molecule has 1 aromatic carbocycles. The second-order valence-electron chi connectivity index (χ2n) is 4.07. The first-order chi connectivity index (χ1) is 9.08. The molecule has 0 aliphatic heterocycles. The van der Waals surface area contributed by atoms with Crippen LogP contribution in [0.25, 0.3) is 0 Å². The molecule has 0 aliphatic carbocycles. The quantitative estimate of drug-likeness (QED) is 0.814. The summed E-state index contributed by atoms with van der Waals surface area (Å²) >= 11 is 1.61. The average Bonchev–Trinajstić information content (AvgIpc) is 2.77. The van der Waals surface area contributed by atoms with Crippen LogP contribution >= 0.6 is 11.3 Å². The van der Waals surface area contributed by atoms with Crippen LogP contribution in [0.2, 0.25) is 0 Å². The van der Waals surface area contributed by atoms with Crippen molar-refractivity contribution in [3.63, 3.8) is 0 Å². The van der Waals surface area contributed by atoms with E-state index in [1.807, 2.05) is 12.4 Å². The number of thiazole rings is 1. The van der Waals surface area contributed by atoms with Crippen LogP contribution in [0.15, 0.2) is 23.7 Å². The second kappa shape index (κ2) is 5.71. The first-order valence-corrected chi connectivity index (χ1v) is 6.67. The second-order valence-corrected chi connectivity index (χ2v) is 5.01. The summed E-state index contributed by atoms with van der Waals surface area (Å²) in [6.07, 6.45) is 0.785. The van der Waals surface area contributed by atoms with E-state index in [9.17, 15) is 4.79 Å². The molecule has 1 heterocycles. The van der Waals surface area contributed by atoms with Gasteiger partial charge in [0.25, 0.3) is 5.91 Å². The van der Waals surface area contributed by atoms with Crippen molar-refractivity contribution in [2.45, 2.75) is 13.3 Å². The first kappa shape index (κ1) is 13.4. The van der Waals surface area contributed by atoms with Gasteiger partial charge in [-0.05, 0) is 25.1 Å². The summed E-state index contributed by atoms with van der Waals surface area (Å²) in [5.74, 6) is 0.0337. The van der Waals surface area contributed by atoms with Crippen molar-refractivity contribution < 1.29 is 9.53 Å². The number of anilines is 1. The van der Waals surface area contributed by atoms with E-state index in [0.29, 0.717) is 18.0 Å². The summed E-state index contributed by atoms with van der Waals surface area (Å²) in [4.78, 5) is 16.5. The molecule has 0 bridgehead atoms. The summed E-state index contributed by atoms with van der Waals surface area (Å²) in [5.41, 5.74) is 14.4. The minimum Gasteiger partial charge on any atom is -0.493 e. The van der Waals surface area contributed by atoms with Gasteiger partial charge in [0, 0.05) is 17.0 Å². The highest BCUT2D eigenvalue weighted by Crippen LogP contribution is 2.20. The van der Waals surface area contributed by atoms with E-state index in [1.54, 1.807) is 29.5 Å². The molecule has 19 heavy (non-hydrogen) atoms. The minimum absolute atomic E-state index is 0.284. The molecule has 0 saturated carbocycles. The van der Waals surface area contributed by atoms with Gasteiger partial charge < -0.3 is 16.2 Å². The third kappa shape index (κ3) is 3.23. The number of nitrogens with two attached hydrogens (primary N) is 2. The maximum Gasteiger partial charge on any atom is 0.250 e. The number of ether oxygens (including phenoxy) is 1. The predicted octanol–water partition coefficient (Wildman–Crippen LogP) is 1.75. The Morgan fingerprint density at radius 3 is 2.89 bits per heavy atom. The summed E-state index contributed by atoms with van der Waals surface area (Å²) in [6, 6.07) is 4.91. The number of hydrogen-bond donors (Lipinski definition) is 2. The lowest BCUT2D eigenvalue weighted by Gasteiger charge is -2.08. The van der Waals surface area contributed by atoms with E-state index in [-0.39, 0.29) is 5.56 Å². The van der Waals surface area contributed by atoms with E-state index in [4.69, 9.17) is 16.2 Å². The zero-order valence-electron chi connectivity index (χ0n) is 10.6. The lowest BCUT2D eigenvalue weighted by Crippen LogP contribution is -2.13. The van der Waals surface area contributed by atoms with Gasteiger partial charge in [0.15, 0.2) is 0 Å². The number of benzene rings is 1. The number of carbonyl (C=O) groups is 1. The third-order valence-corrected chi connectivity index (χ3v) is 3.73. The van der Waals surface area contributed by atoms with Crippen molar-refractivity contribution in [3.05, 3.63) is 39.8 Å². The number of hydrogen-bond acceptors (Lipinski definition) is 5. The molecule has 2 aromatic rings. The number of nitrogen functional groups attached to an aromatic ring is 1. The lowest BCUT2D eigenvalue weighted by molar-refractivity contribution is 0.100. The highest BCUT2D eigenvalue weighted by Gasteiger charge is 2.08. The number of carbonyl (C=O) groups excluding carboxylic acids is 1. The van der Waals surface area contributed by atoms with Crippen molar-refractivity contribution in [3.8, 4) is 5.75 Å². The van der Waals surface area contributed by atoms with Crippen LogP contribution in [-0.4, -0.2) is 17.5 Å². The van der Waals surface area contributed by atoms with Crippen LogP contribution in [0.1, 0.15) is 20.9 Å². The van der Waals surface area contributed by atoms with Gasteiger partial charge in [0.1, 0.15) is 5.75 Å². The molecule has 0 spiro atoms. The van der Waals surface area contributed by atoms with Crippen LogP contribution < -0.4 is 16.2 Å². The maximum atomic E-state index is 11.2. The van der Waals surface area contributed by atoms with Gasteiger partial charge in [-0.2, -0.15) is 0 Å². The number of primary amides is 1. The molecule has 1 aromatic heterocycles. The van der Waals surface area contributed by atoms with E-state index in [0.717, 1.165) is 12.1 Å². The largest absolute Gasteiger partial charge is 0.493 e. The highest BCUT2D eigenvalue weighted by molar-refractivity contribution is 7.09. The molecule has 1 amide bonds. The molecule has 100 valence electrons. The summed E-state index contributed by atoms with van der Waals surface area (Å²) in [6.45, 7) is 2.49. The number of aromatic nitrogens is 1. The number of nitrogens with zero attached hydrogens (tertiary/aromatic N) is 1. The van der Waals surface area contributed by atoms with Crippen molar-refractivity contribution in [2.24, 2.45) is 5.73 Å². The zero-order valence-corrected chi connectivity index (χ0v) is 11.4. The normalized spacial score (nSPS) is 10.4. The lowest BCUT2D eigenvalue weighted by atomic mass is 10.1. The van der Waals surface area contributed by atoms with Crippen molar-refractivity contribution in [1.29, 1.82) is 0 Å². The fourth-order valence-corrected chi connectivity index (χ4v) is 2.43. The highest BCUT2D eigenvalue weighted by atomic mass is 32.1.